The Hall–Kier alpha value is -1.85. The van der Waals surface area contributed by atoms with Crippen molar-refractivity contribution < 1.29 is 9.53 Å². The van der Waals surface area contributed by atoms with E-state index in [4.69, 9.17) is 10.5 Å². The summed E-state index contributed by atoms with van der Waals surface area (Å²) in [7, 11) is 0. The number of nitrogens with two attached hydrogens (primary N) is 1. The van der Waals surface area contributed by atoms with E-state index in [-0.39, 0.29) is 11.2 Å². The van der Waals surface area contributed by atoms with Gasteiger partial charge < -0.3 is 15.4 Å². The van der Waals surface area contributed by atoms with E-state index in [2.05, 4.69) is 24.8 Å². The molecule has 2 N–H and O–H groups in total. The third-order valence-corrected chi connectivity index (χ3v) is 6.34. The SMILES string of the molecule is CC1(C)CC(=O)c2sc(N3CCOCC3)c(-c3cccc(N)c3)c2C1. The Morgan fingerprint density at radius 2 is 1.96 bits per heavy atom. The van der Waals surface area contributed by atoms with Gasteiger partial charge in [0.15, 0.2) is 5.78 Å². The van der Waals surface area contributed by atoms with Crippen LogP contribution < -0.4 is 10.6 Å². The number of nitrogen functional groups attached to an aromatic ring is 1. The Balaban J connectivity index is 1.91. The number of hydrogen-bond acceptors (Lipinski definition) is 5. The highest BCUT2D eigenvalue weighted by atomic mass is 32.1. The predicted octanol–water partition coefficient (Wildman–Crippen LogP) is 3.99. The molecule has 4 nitrogen and oxygen atoms in total. The zero-order valence-corrected chi connectivity index (χ0v) is 15.6. The standard InChI is InChI=1S/C20H24N2O2S/c1-20(2)11-15-17(13-4-3-5-14(21)10-13)19(22-6-8-24-9-7-22)25-18(15)16(23)12-20/h3-5,10H,6-9,11-12,21H2,1-2H3. The van der Waals surface area contributed by atoms with Crippen LogP contribution in [0.3, 0.4) is 0 Å². The van der Waals surface area contributed by atoms with E-state index in [0.717, 1.165) is 48.9 Å². The summed E-state index contributed by atoms with van der Waals surface area (Å²) in [4.78, 5) is 16.1. The molecule has 4 rings (SSSR count). The lowest BCUT2D eigenvalue weighted by Gasteiger charge is -2.30. The summed E-state index contributed by atoms with van der Waals surface area (Å²) in [6.07, 6.45) is 1.55. The Bertz CT molecular complexity index is 819. The van der Waals surface area contributed by atoms with Crippen LogP contribution in [0.2, 0.25) is 0 Å². The molecule has 2 aromatic rings. The lowest BCUT2D eigenvalue weighted by Crippen LogP contribution is -2.36. The number of ether oxygens (including phenoxy) is 1. The first-order valence-electron chi connectivity index (χ1n) is 8.82. The van der Waals surface area contributed by atoms with Crippen LogP contribution in [-0.4, -0.2) is 32.1 Å². The number of carbonyl (C=O) groups is 1. The number of hydrogen-bond donors (Lipinski definition) is 1. The van der Waals surface area contributed by atoms with Crippen molar-refractivity contribution in [1.29, 1.82) is 0 Å². The molecule has 0 amide bonds. The fraction of sp³-hybridized carbons (Fsp3) is 0.450. The van der Waals surface area contributed by atoms with Crippen molar-refractivity contribution in [1.82, 2.24) is 0 Å². The summed E-state index contributed by atoms with van der Waals surface area (Å²) in [6.45, 7) is 7.57. The van der Waals surface area contributed by atoms with Gasteiger partial charge in [0.2, 0.25) is 0 Å². The van der Waals surface area contributed by atoms with E-state index in [9.17, 15) is 4.79 Å². The van der Waals surface area contributed by atoms with E-state index >= 15 is 0 Å². The van der Waals surface area contributed by atoms with E-state index in [1.807, 2.05) is 18.2 Å². The van der Waals surface area contributed by atoms with Gasteiger partial charge in [-0.3, -0.25) is 4.79 Å². The van der Waals surface area contributed by atoms with Crippen molar-refractivity contribution in [2.24, 2.45) is 5.41 Å². The molecule has 1 fully saturated rings. The van der Waals surface area contributed by atoms with Gasteiger partial charge in [-0.15, -0.1) is 11.3 Å². The molecule has 5 heteroatoms. The van der Waals surface area contributed by atoms with Crippen LogP contribution in [0.15, 0.2) is 24.3 Å². The van der Waals surface area contributed by atoms with Crippen LogP contribution in [0.5, 0.6) is 0 Å². The van der Waals surface area contributed by atoms with Gasteiger partial charge >= 0.3 is 0 Å². The number of fused-ring (bicyclic) bond motifs is 1. The molecule has 0 saturated carbocycles. The summed E-state index contributed by atoms with van der Waals surface area (Å²) in [6, 6.07) is 8.03. The van der Waals surface area contributed by atoms with Gasteiger partial charge in [-0.25, -0.2) is 0 Å². The van der Waals surface area contributed by atoms with E-state index in [1.165, 1.54) is 16.1 Å². The van der Waals surface area contributed by atoms with Crippen LogP contribution >= 0.6 is 11.3 Å². The molecule has 0 bridgehead atoms. The van der Waals surface area contributed by atoms with Gasteiger partial charge in [-0.1, -0.05) is 26.0 Å². The minimum Gasteiger partial charge on any atom is -0.399 e. The summed E-state index contributed by atoms with van der Waals surface area (Å²) >= 11 is 1.66. The quantitative estimate of drug-likeness (QED) is 0.827. The Labute approximate surface area is 152 Å². The van der Waals surface area contributed by atoms with Gasteiger partial charge in [0.1, 0.15) is 0 Å². The highest BCUT2D eigenvalue weighted by molar-refractivity contribution is 7.19. The van der Waals surface area contributed by atoms with Gasteiger partial charge in [0.25, 0.3) is 0 Å². The van der Waals surface area contributed by atoms with Crippen LogP contribution in [-0.2, 0) is 11.2 Å². The van der Waals surface area contributed by atoms with Crippen LogP contribution in [0.25, 0.3) is 11.1 Å². The molecule has 1 aromatic heterocycles. The number of thiophene rings is 1. The Kier molecular flexibility index (Phi) is 4.08. The van der Waals surface area contributed by atoms with Crippen molar-refractivity contribution in [3.63, 3.8) is 0 Å². The number of benzene rings is 1. The zero-order valence-electron chi connectivity index (χ0n) is 14.8. The fourth-order valence-electron chi connectivity index (χ4n) is 3.88. The van der Waals surface area contributed by atoms with Gasteiger partial charge in [0.05, 0.1) is 23.1 Å². The Morgan fingerprint density at radius 1 is 1.20 bits per heavy atom. The van der Waals surface area contributed by atoms with Gasteiger partial charge in [-0.2, -0.15) is 0 Å². The minimum atomic E-state index is 0.00249. The van der Waals surface area contributed by atoms with Crippen molar-refractivity contribution in [3.8, 4) is 11.1 Å². The highest BCUT2D eigenvalue weighted by Crippen LogP contribution is 2.49. The van der Waals surface area contributed by atoms with Crippen molar-refractivity contribution in [2.45, 2.75) is 26.7 Å². The largest absolute Gasteiger partial charge is 0.399 e. The molecular weight excluding hydrogens is 332 g/mol. The molecule has 1 aliphatic heterocycles. The summed E-state index contributed by atoms with van der Waals surface area (Å²) < 4.78 is 5.52. The second-order valence-electron chi connectivity index (χ2n) is 7.76. The molecule has 0 spiro atoms. The molecule has 132 valence electrons. The number of nitrogens with zero attached hydrogens (tertiary/aromatic N) is 1. The average Bonchev–Trinajstić information content (AvgIpc) is 2.94. The molecular formula is C20H24N2O2S. The number of carbonyl (C=O) groups excluding carboxylic acids is 1. The maximum atomic E-state index is 12.8. The Morgan fingerprint density at radius 3 is 2.68 bits per heavy atom. The smallest absolute Gasteiger partial charge is 0.173 e. The molecule has 1 aromatic carbocycles. The summed E-state index contributed by atoms with van der Waals surface area (Å²) in [5.41, 5.74) is 10.3. The first-order chi connectivity index (χ1) is 11.9. The molecule has 0 atom stereocenters. The second-order valence-corrected chi connectivity index (χ2v) is 8.75. The first kappa shape index (κ1) is 16.6. The van der Waals surface area contributed by atoms with Gasteiger partial charge in [-0.05, 0) is 35.1 Å². The van der Waals surface area contributed by atoms with Gasteiger partial charge in [0, 0.05) is 30.8 Å². The van der Waals surface area contributed by atoms with E-state index in [1.54, 1.807) is 11.3 Å². The molecule has 25 heavy (non-hydrogen) atoms. The maximum Gasteiger partial charge on any atom is 0.173 e. The number of ketones is 1. The minimum absolute atomic E-state index is 0.00249. The van der Waals surface area contributed by atoms with Crippen molar-refractivity contribution in [2.75, 3.05) is 36.9 Å². The molecule has 1 saturated heterocycles. The van der Waals surface area contributed by atoms with Crippen molar-refractivity contribution >= 4 is 27.8 Å². The monoisotopic (exact) mass is 356 g/mol. The number of morpholine rings is 1. The number of Topliss-reactive ketones (excluding diaryl/α,β-unsaturated/α-hetero) is 1. The highest BCUT2D eigenvalue weighted by Gasteiger charge is 2.36. The number of rotatable bonds is 2. The van der Waals surface area contributed by atoms with E-state index < -0.39 is 0 Å². The third-order valence-electron chi connectivity index (χ3n) is 5.01. The van der Waals surface area contributed by atoms with Crippen LogP contribution in [0.4, 0.5) is 10.7 Å². The van der Waals surface area contributed by atoms with Crippen LogP contribution in [0.1, 0.15) is 35.5 Å². The maximum absolute atomic E-state index is 12.8. The molecule has 2 aliphatic rings. The third kappa shape index (κ3) is 3.07. The lowest BCUT2D eigenvalue weighted by molar-refractivity contribution is 0.0918. The molecule has 0 radical (unpaired) electrons. The fourth-order valence-corrected chi connectivity index (χ4v) is 5.21. The summed E-state index contributed by atoms with van der Waals surface area (Å²) in [5.74, 6) is 0.279. The molecule has 2 heterocycles. The zero-order chi connectivity index (χ0) is 17.6. The second kappa shape index (κ2) is 6.15. The molecule has 0 unspecified atom stereocenters. The molecule has 1 aliphatic carbocycles. The predicted molar refractivity (Wildman–Crippen MR) is 104 cm³/mol. The van der Waals surface area contributed by atoms with Crippen LogP contribution in [0, 0.1) is 5.41 Å². The lowest BCUT2D eigenvalue weighted by atomic mass is 9.75. The first-order valence-corrected chi connectivity index (χ1v) is 9.64. The summed E-state index contributed by atoms with van der Waals surface area (Å²) in [5, 5.41) is 1.20. The van der Waals surface area contributed by atoms with Crippen molar-refractivity contribution in [3.05, 3.63) is 34.7 Å². The number of anilines is 2. The topological polar surface area (TPSA) is 55.6 Å². The average molecular weight is 356 g/mol. The normalized spacial score (nSPS) is 19.8. The van der Waals surface area contributed by atoms with E-state index in [0.29, 0.717) is 6.42 Å².